The fourth-order valence-electron chi connectivity index (χ4n) is 3.73. The first-order chi connectivity index (χ1) is 9.65. The number of aromatic nitrogens is 1. The van der Waals surface area contributed by atoms with Crippen molar-refractivity contribution in [1.82, 2.24) is 9.88 Å². The van der Waals surface area contributed by atoms with Crippen LogP contribution in [-0.2, 0) is 0 Å². The second-order valence-electron chi connectivity index (χ2n) is 6.31. The summed E-state index contributed by atoms with van der Waals surface area (Å²) in [6.45, 7) is 5.23. The topological polar surface area (TPSA) is 39.6 Å². The molecule has 3 atom stereocenters. The van der Waals surface area contributed by atoms with Gasteiger partial charge in [-0.05, 0) is 63.4 Å². The highest BCUT2D eigenvalue weighted by Crippen LogP contribution is 2.31. The van der Waals surface area contributed by atoms with Gasteiger partial charge < -0.3 is 14.9 Å². The van der Waals surface area contributed by atoms with Gasteiger partial charge in [0, 0.05) is 25.3 Å². The number of anilines is 1. The number of hydrogen-bond donors (Lipinski definition) is 1. The average Bonchev–Trinajstić information content (AvgIpc) is 2.47. The van der Waals surface area contributed by atoms with Crippen LogP contribution in [0.4, 0.5) is 5.82 Å². The van der Waals surface area contributed by atoms with Gasteiger partial charge in [0.25, 0.3) is 0 Å². The largest absolute Gasteiger partial charge is 0.389 e. The maximum absolute atomic E-state index is 9.72. The molecule has 2 fully saturated rings. The predicted molar refractivity (Wildman–Crippen MR) is 80.8 cm³/mol. The van der Waals surface area contributed by atoms with E-state index in [-0.39, 0.29) is 0 Å². The van der Waals surface area contributed by atoms with Gasteiger partial charge in [-0.15, -0.1) is 0 Å². The Morgan fingerprint density at radius 1 is 1.35 bits per heavy atom. The number of likely N-dealkylation sites (tertiary alicyclic amines) is 1. The molecule has 4 nitrogen and oxygen atoms in total. The van der Waals surface area contributed by atoms with Crippen molar-refractivity contribution in [3.8, 4) is 0 Å². The summed E-state index contributed by atoms with van der Waals surface area (Å²) in [5.41, 5.74) is 0.956. The van der Waals surface area contributed by atoms with Gasteiger partial charge >= 0.3 is 0 Å². The van der Waals surface area contributed by atoms with Crippen LogP contribution in [0.3, 0.4) is 0 Å². The van der Waals surface area contributed by atoms with E-state index in [1.165, 1.54) is 25.8 Å². The number of aliphatic hydroxyl groups excluding tert-OH is 1. The summed E-state index contributed by atoms with van der Waals surface area (Å²) in [6.07, 6.45) is 5.27. The number of aliphatic hydroxyl groups is 1. The van der Waals surface area contributed by atoms with Gasteiger partial charge in [0.1, 0.15) is 5.82 Å². The molecule has 2 unspecified atom stereocenters. The first-order valence-corrected chi connectivity index (χ1v) is 7.74. The lowest BCUT2D eigenvalue weighted by atomic mass is 9.84. The summed E-state index contributed by atoms with van der Waals surface area (Å²) in [5, 5.41) is 9.72. The molecule has 2 aliphatic heterocycles. The van der Waals surface area contributed by atoms with Crippen LogP contribution in [0.15, 0.2) is 18.3 Å². The zero-order valence-electron chi connectivity index (χ0n) is 12.5. The molecule has 0 aromatic carbocycles. The standard InChI is InChI=1S/C16H25N3O/c1-12(20)13-5-7-17-16(10-13)19-9-6-15-14(11-19)4-3-8-18(15)2/h5,7,10,12,14-15,20H,3-4,6,8-9,11H2,1-2H3/t12-,14?,15?/m1/s1. The third-order valence-corrected chi connectivity index (χ3v) is 4.92. The summed E-state index contributed by atoms with van der Waals surface area (Å²) in [6, 6.07) is 4.69. The Labute approximate surface area is 121 Å². The normalized spacial score (nSPS) is 29.1. The molecule has 110 valence electrons. The van der Waals surface area contributed by atoms with Gasteiger partial charge in [-0.3, -0.25) is 0 Å². The first-order valence-electron chi connectivity index (χ1n) is 7.74. The Morgan fingerprint density at radius 2 is 2.20 bits per heavy atom. The van der Waals surface area contributed by atoms with Crippen molar-refractivity contribution in [1.29, 1.82) is 0 Å². The van der Waals surface area contributed by atoms with Crippen LogP contribution in [0.2, 0.25) is 0 Å². The first kappa shape index (κ1) is 13.8. The minimum atomic E-state index is -0.421. The highest BCUT2D eigenvalue weighted by molar-refractivity contribution is 5.42. The van der Waals surface area contributed by atoms with Gasteiger partial charge in [-0.2, -0.15) is 0 Å². The molecule has 2 saturated heterocycles. The number of rotatable bonds is 2. The summed E-state index contributed by atoms with van der Waals surface area (Å²) in [4.78, 5) is 9.43. The molecule has 1 aromatic heterocycles. The third-order valence-electron chi connectivity index (χ3n) is 4.92. The van der Waals surface area contributed by atoms with Crippen LogP contribution in [0.5, 0.6) is 0 Å². The number of piperidine rings is 2. The molecule has 4 heteroatoms. The number of hydrogen-bond acceptors (Lipinski definition) is 4. The Bertz CT molecular complexity index is 463. The van der Waals surface area contributed by atoms with Crippen molar-refractivity contribution in [3.05, 3.63) is 23.9 Å². The van der Waals surface area contributed by atoms with Crippen molar-refractivity contribution in [2.45, 2.75) is 38.3 Å². The van der Waals surface area contributed by atoms with E-state index in [1.807, 2.05) is 18.3 Å². The second kappa shape index (κ2) is 5.70. The number of pyridine rings is 1. The summed E-state index contributed by atoms with van der Waals surface area (Å²) in [5.74, 6) is 1.79. The monoisotopic (exact) mass is 275 g/mol. The van der Waals surface area contributed by atoms with Gasteiger partial charge in [0.15, 0.2) is 0 Å². The van der Waals surface area contributed by atoms with Gasteiger partial charge in [-0.25, -0.2) is 4.98 Å². The molecular weight excluding hydrogens is 250 g/mol. The number of nitrogens with zero attached hydrogens (tertiary/aromatic N) is 3. The van der Waals surface area contributed by atoms with Crippen molar-refractivity contribution >= 4 is 5.82 Å². The summed E-state index contributed by atoms with van der Waals surface area (Å²) in [7, 11) is 2.26. The third kappa shape index (κ3) is 2.67. The fraction of sp³-hybridized carbons (Fsp3) is 0.688. The molecule has 0 radical (unpaired) electrons. The fourth-order valence-corrected chi connectivity index (χ4v) is 3.73. The predicted octanol–water partition coefficient (Wildman–Crippen LogP) is 2.06. The molecule has 1 aromatic rings. The maximum Gasteiger partial charge on any atom is 0.128 e. The van der Waals surface area contributed by atoms with E-state index in [9.17, 15) is 5.11 Å². The Balaban J connectivity index is 1.74. The Morgan fingerprint density at radius 3 is 3.00 bits per heavy atom. The van der Waals surface area contributed by atoms with Crippen LogP contribution < -0.4 is 4.90 Å². The van der Waals surface area contributed by atoms with Crippen LogP contribution >= 0.6 is 0 Å². The van der Waals surface area contributed by atoms with Crippen molar-refractivity contribution in [2.75, 3.05) is 31.6 Å². The van der Waals surface area contributed by atoms with E-state index < -0.39 is 6.10 Å². The lowest BCUT2D eigenvalue weighted by molar-refractivity contribution is 0.102. The Kier molecular flexibility index (Phi) is 3.94. The van der Waals surface area contributed by atoms with E-state index in [2.05, 4.69) is 21.8 Å². The summed E-state index contributed by atoms with van der Waals surface area (Å²) < 4.78 is 0. The molecule has 3 heterocycles. The van der Waals surface area contributed by atoms with E-state index >= 15 is 0 Å². The molecule has 0 aliphatic carbocycles. The smallest absolute Gasteiger partial charge is 0.128 e. The zero-order chi connectivity index (χ0) is 14.1. The molecule has 0 bridgehead atoms. The van der Waals surface area contributed by atoms with E-state index in [0.29, 0.717) is 0 Å². The highest BCUT2D eigenvalue weighted by atomic mass is 16.3. The summed E-state index contributed by atoms with van der Waals surface area (Å²) >= 11 is 0. The van der Waals surface area contributed by atoms with E-state index in [1.54, 1.807) is 6.92 Å². The SMILES string of the molecule is C[C@@H](O)c1ccnc(N2CCC3C(CCCN3C)C2)c1. The number of fused-ring (bicyclic) bond motifs is 1. The molecule has 1 N–H and O–H groups in total. The molecule has 20 heavy (non-hydrogen) atoms. The van der Waals surface area contributed by atoms with Crippen LogP contribution in [-0.4, -0.2) is 47.7 Å². The maximum atomic E-state index is 9.72. The lowest BCUT2D eigenvalue weighted by Gasteiger charge is -2.46. The molecule has 0 saturated carbocycles. The second-order valence-corrected chi connectivity index (χ2v) is 6.31. The van der Waals surface area contributed by atoms with Crippen molar-refractivity contribution in [3.63, 3.8) is 0 Å². The zero-order valence-corrected chi connectivity index (χ0v) is 12.5. The van der Waals surface area contributed by atoms with E-state index in [0.717, 1.165) is 36.4 Å². The quantitative estimate of drug-likeness (QED) is 0.897. The molecule has 2 aliphatic rings. The van der Waals surface area contributed by atoms with Crippen molar-refractivity contribution in [2.24, 2.45) is 5.92 Å². The van der Waals surface area contributed by atoms with Gasteiger partial charge in [0.05, 0.1) is 6.10 Å². The molecule has 0 spiro atoms. The molecular formula is C16H25N3O. The lowest BCUT2D eigenvalue weighted by Crippen LogP contribution is -2.52. The minimum absolute atomic E-state index is 0.421. The highest BCUT2D eigenvalue weighted by Gasteiger charge is 2.34. The van der Waals surface area contributed by atoms with Crippen LogP contribution in [0, 0.1) is 5.92 Å². The minimum Gasteiger partial charge on any atom is -0.389 e. The van der Waals surface area contributed by atoms with Crippen molar-refractivity contribution < 1.29 is 5.11 Å². The molecule has 0 amide bonds. The Hall–Kier alpha value is -1.13. The molecule has 3 rings (SSSR count). The van der Waals surface area contributed by atoms with Gasteiger partial charge in [0.2, 0.25) is 0 Å². The van der Waals surface area contributed by atoms with E-state index in [4.69, 9.17) is 0 Å². The average molecular weight is 275 g/mol. The van der Waals surface area contributed by atoms with Crippen LogP contribution in [0.1, 0.15) is 37.9 Å². The van der Waals surface area contributed by atoms with Crippen LogP contribution in [0.25, 0.3) is 0 Å². The van der Waals surface area contributed by atoms with Gasteiger partial charge in [-0.1, -0.05) is 0 Å².